The van der Waals surface area contributed by atoms with Crippen molar-refractivity contribution in [2.24, 2.45) is 0 Å². The molecule has 0 saturated heterocycles. The van der Waals surface area contributed by atoms with E-state index in [0.717, 1.165) is 12.3 Å². The van der Waals surface area contributed by atoms with Gasteiger partial charge in [0, 0.05) is 17.7 Å². The second kappa shape index (κ2) is 6.23. The van der Waals surface area contributed by atoms with E-state index < -0.39 is 18.5 Å². The standard InChI is InChI=1S/C12H6Cl5NO3S/c13-8-5-4-7(10(14)11(8)15)12(16,17)22(20,21)9-3-1-2-6-18(9)19/h1-6H. The molecule has 0 fully saturated rings. The minimum Gasteiger partial charge on any atom is -0.618 e. The molecular weight excluding hydrogens is 415 g/mol. The number of nitrogens with zero attached hydrogens (tertiary/aromatic N) is 1. The molecule has 0 atom stereocenters. The van der Waals surface area contributed by atoms with Crippen LogP contribution >= 0.6 is 58.0 Å². The molecule has 0 radical (unpaired) electrons. The van der Waals surface area contributed by atoms with Gasteiger partial charge in [0.25, 0.3) is 13.5 Å². The van der Waals surface area contributed by atoms with Crippen LogP contribution in [0.2, 0.25) is 15.1 Å². The highest BCUT2D eigenvalue weighted by atomic mass is 35.5. The average Bonchev–Trinajstić information content (AvgIpc) is 2.44. The second-order valence-corrected chi connectivity index (χ2v) is 9.08. The van der Waals surface area contributed by atoms with Gasteiger partial charge >= 0.3 is 5.03 Å². The van der Waals surface area contributed by atoms with Gasteiger partial charge in [-0.05, 0) is 12.1 Å². The molecule has 0 unspecified atom stereocenters. The summed E-state index contributed by atoms with van der Waals surface area (Å²) in [5.41, 5.74) is -0.198. The number of halogens is 5. The van der Waals surface area contributed by atoms with Crippen molar-refractivity contribution in [2.45, 2.75) is 8.69 Å². The van der Waals surface area contributed by atoms with Crippen molar-refractivity contribution in [3.05, 3.63) is 62.4 Å². The number of rotatable bonds is 3. The Hall–Kier alpha value is -0.430. The van der Waals surface area contributed by atoms with E-state index in [1.54, 1.807) is 0 Å². The number of benzene rings is 1. The van der Waals surface area contributed by atoms with Crippen LogP contribution in [0.1, 0.15) is 5.56 Å². The summed E-state index contributed by atoms with van der Waals surface area (Å²) < 4.78 is 22.8. The maximum absolute atomic E-state index is 12.6. The number of hydrogen-bond donors (Lipinski definition) is 0. The summed E-state index contributed by atoms with van der Waals surface area (Å²) >= 11 is 29.7. The average molecular weight is 422 g/mol. The van der Waals surface area contributed by atoms with E-state index in [4.69, 9.17) is 58.0 Å². The van der Waals surface area contributed by atoms with Gasteiger partial charge in [0.15, 0.2) is 6.20 Å². The van der Waals surface area contributed by atoms with Crippen molar-refractivity contribution in [2.75, 3.05) is 0 Å². The van der Waals surface area contributed by atoms with Crippen LogP contribution < -0.4 is 4.73 Å². The molecule has 1 aromatic heterocycles. The van der Waals surface area contributed by atoms with Crippen molar-refractivity contribution in [1.29, 1.82) is 0 Å². The Bertz CT molecular complexity index is 839. The van der Waals surface area contributed by atoms with Crippen LogP contribution in [-0.2, 0) is 13.5 Å². The fourth-order valence-corrected chi connectivity index (χ4v) is 4.54. The number of aromatic nitrogens is 1. The van der Waals surface area contributed by atoms with E-state index in [2.05, 4.69) is 0 Å². The summed E-state index contributed by atoms with van der Waals surface area (Å²) in [7, 11) is -4.48. The summed E-state index contributed by atoms with van der Waals surface area (Å²) in [6, 6.07) is 6.33. The molecule has 1 heterocycles. The maximum Gasteiger partial charge on any atom is 0.312 e. The number of hydrogen-bond acceptors (Lipinski definition) is 3. The highest BCUT2D eigenvalue weighted by Crippen LogP contribution is 2.48. The van der Waals surface area contributed by atoms with Crippen LogP contribution in [0.25, 0.3) is 0 Å². The summed E-state index contributed by atoms with van der Waals surface area (Å²) in [5.74, 6) is 0. The molecule has 0 aliphatic rings. The van der Waals surface area contributed by atoms with Crippen molar-refractivity contribution >= 4 is 67.8 Å². The van der Waals surface area contributed by atoms with Gasteiger partial charge in [-0.2, -0.15) is 4.73 Å². The molecule has 118 valence electrons. The van der Waals surface area contributed by atoms with Gasteiger partial charge in [-0.3, -0.25) is 0 Å². The molecule has 0 saturated carbocycles. The van der Waals surface area contributed by atoms with E-state index in [0.29, 0.717) is 0 Å². The largest absolute Gasteiger partial charge is 0.618 e. The van der Waals surface area contributed by atoms with Gasteiger partial charge in [-0.25, -0.2) is 8.42 Å². The first-order valence-corrected chi connectivity index (χ1v) is 8.92. The fourth-order valence-electron chi connectivity index (χ4n) is 1.65. The predicted octanol–water partition coefficient (Wildman–Crippen LogP) is 4.34. The van der Waals surface area contributed by atoms with Crippen molar-refractivity contribution in [3.8, 4) is 0 Å². The first-order chi connectivity index (χ1) is 10.1. The summed E-state index contributed by atoms with van der Waals surface area (Å²) in [5, 5.41) is 10.9. The number of alkyl halides is 2. The van der Waals surface area contributed by atoms with Gasteiger partial charge in [0.2, 0.25) is 0 Å². The van der Waals surface area contributed by atoms with Crippen molar-refractivity contribution in [1.82, 2.24) is 0 Å². The van der Waals surface area contributed by atoms with Gasteiger partial charge in [-0.1, -0.05) is 64.1 Å². The van der Waals surface area contributed by atoms with E-state index in [1.165, 1.54) is 24.3 Å². The third kappa shape index (κ3) is 2.86. The minimum absolute atomic E-state index is 0.0928. The minimum atomic E-state index is -4.48. The van der Waals surface area contributed by atoms with E-state index >= 15 is 0 Å². The van der Waals surface area contributed by atoms with Gasteiger partial charge in [0.05, 0.1) is 15.1 Å². The zero-order valence-electron chi connectivity index (χ0n) is 10.4. The lowest BCUT2D eigenvalue weighted by molar-refractivity contribution is -0.646. The number of sulfone groups is 1. The number of pyridine rings is 1. The van der Waals surface area contributed by atoms with Gasteiger partial charge in [0.1, 0.15) is 0 Å². The fraction of sp³-hybridized carbons (Fsp3) is 0.0833. The Balaban J connectivity index is 2.70. The Labute approximate surface area is 151 Å². The molecule has 22 heavy (non-hydrogen) atoms. The van der Waals surface area contributed by atoms with Crippen LogP contribution in [-0.4, -0.2) is 8.42 Å². The smallest absolute Gasteiger partial charge is 0.312 e. The van der Waals surface area contributed by atoms with Gasteiger partial charge in [-0.15, -0.1) is 0 Å². The molecule has 0 N–H and O–H groups in total. The topological polar surface area (TPSA) is 61.1 Å². The highest BCUT2D eigenvalue weighted by molar-refractivity contribution is 7.94. The molecule has 0 amide bonds. The summed E-state index contributed by atoms with van der Waals surface area (Å²) in [6.45, 7) is 0. The lowest BCUT2D eigenvalue weighted by Gasteiger charge is -2.21. The Morgan fingerprint density at radius 2 is 1.64 bits per heavy atom. The highest BCUT2D eigenvalue weighted by Gasteiger charge is 2.49. The molecular formula is C12H6Cl5NO3S. The van der Waals surface area contributed by atoms with E-state index in [1.807, 2.05) is 0 Å². The molecule has 2 aromatic rings. The lowest BCUT2D eigenvalue weighted by atomic mass is 10.2. The molecule has 4 nitrogen and oxygen atoms in total. The Morgan fingerprint density at radius 3 is 2.23 bits per heavy atom. The molecule has 0 spiro atoms. The van der Waals surface area contributed by atoms with E-state index in [-0.39, 0.29) is 25.4 Å². The summed E-state index contributed by atoms with van der Waals surface area (Å²) in [4.78, 5) is 0. The second-order valence-electron chi connectivity index (χ2n) is 4.11. The zero-order chi connectivity index (χ0) is 16.7. The monoisotopic (exact) mass is 419 g/mol. The molecule has 0 bridgehead atoms. The van der Waals surface area contributed by atoms with Crippen LogP contribution in [0.3, 0.4) is 0 Å². The van der Waals surface area contributed by atoms with Crippen LogP contribution in [0.15, 0.2) is 41.6 Å². The van der Waals surface area contributed by atoms with Gasteiger partial charge < -0.3 is 5.21 Å². The first-order valence-electron chi connectivity index (χ1n) is 5.55. The van der Waals surface area contributed by atoms with Crippen LogP contribution in [0, 0.1) is 5.21 Å². The van der Waals surface area contributed by atoms with Crippen molar-refractivity contribution in [3.63, 3.8) is 0 Å². The SMILES string of the molecule is O=S(=O)(c1cccc[n+]1[O-])C(Cl)(Cl)c1ccc(Cl)c(Cl)c1Cl. The Morgan fingerprint density at radius 1 is 1.00 bits per heavy atom. The lowest BCUT2D eigenvalue weighted by Crippen LogP contribution is -2.38. The summed E-state index contributed by atoms with van der Waals surface area (Å²) in [6.07, 6.45) is 1.01. The van der Waals surface area contributed by atoms with E-state index in [9.17, 15) is 13.6 Å². The normalized spacial score (nSPS) is 12.4. The predicted molar refractivity (Wildman–Crippen MR) is 87.4 cm³/mol. The molecule has 10 heteroatoms. The zero-order valence-corrected chi connectivity index (χ0v) is 15.0. The third-order valence-corrected chi connectivity index (χ3v) is 7.43. The van der Waals surface area contributed by atoms with Crippen LogP contribution in [0.5, 0.6) is 0 Å². The molecule has 0 aliphatic carbocycles. The Kier molecular flexibility index (Phi) is 5.07. The molecule has 0 aliphatic heterocycles. The molecule has 1 aromatic carbocycles. The molecule has 2 rings (SSSR count). The third-order valence-electron chi connectivity index (χ3n) is 2.75. The van der Waals surface area contributed by atoms with Crippen molar-refractivity contribution < 1.29 is 13.1 Å². The van der Waals surface area contributed by atoms with Crippen LogP contribution in [0.4, 0.5) is 0 Å². The quantitative estimate of drug-likeness (QED) is 0.321. The first kappa shape index (κ1) is 17.9. The maximum atomic E-state index is 12.6.